The number of nitrogens with one attached hydrogen (secondary N) is 2. The first-order chi connectivity index (χ1) is 16.7. The van der Waals surface area contributed by atoms with Gasteiger partial charge < -0.3 is 19.7 Å². The molecule has 1 atom stereocenters. The number of carbonyl (C=O) groups excluding carboxylic acids is 1. The van der Waals surface area contributed by atoms with E-state index in [0.29, 0.717) is 11.3 Å². The minimum Gasteiger partial charge on any atom is -0.481 e. The van der Waals surface area contributed by atoms with E-state index in [2.05, 4.69) is 15.5 Å². The Morgan fingerprint density at radius 3 is 2.74 bits per heavy atom. The molecule has 0 saturated heterocycles. The second-order valence-electron chi connectivity index (χ2n) is 8.20. The number of benzene rings is 2. The van der Waals surface area contributed by atoms with E-state index in [1.807, 2.05) is 41.1 Å². The summed E-state index contributed by atoms with van der Waals surface area (Å²) in [5.74, 6) is -0.0262. The Hall–Kier alpha value is -3.79. The van der Waals surface area contributed by atoms with Crippen LogP contribution >= 0.6 is 0 Å². The van der Waals surface area contributed by atoms with Gasteiger partial charge in [-0.25, -0.2) is 0 Å². The number of ether oxygens (including phenoxy) is 1. The molecule has 4 rings (SSSR count). The van der Waals surface area contributed by atoms with Gasteiger partial charge in [-0.1, -0.05) is 12.1 Å². The van der Waals surface area contributed by atoms with Crippen molar-refractivity contribution < 1.29 is 27.8 Å². The molecule has 2 aromatic carbocycles. The van der Waals surface area contributed by atoms with Gasteiger partial charge in [-0.2, -0.15) is 18.3 Å². The van der Waals surface area contributed by atoms with Crippen LogP contribution in [0.3, 0.4) is 0 Å². The van der Waals surface area contributed by atoms with Crippen molar-refractivity contribution in [2.45, 2.75) is 32.7 Å². The zero-order valence-electron chi connectivity index (χ0n) is 19.2. The van der Waals surface area contributed by atoms with Crippen LogP contribution in [0, 0.1) is 6.92 Å². The quantitative estimate of drug-likeness (QED) is 0.343. The normalized spacial score (nSPS) is 12.6. The molecule has 184 valence electrons. The van der Waals surface area contributed by atoms with Crippen LogP contribution in [0.2, 0.25) is 0 Å². The summed E-state index contributed by atoms with van der Waals surface area (Å²) in [7, 11) is 0. The van der Waals surface area contributed by atoms with Gasteiger partial charge >= 0.3 is 6.18 Å². The number of nitrogens with zero attached hydrogens (tertiary/aromatic N) is 2. The molecule has 1 amide bonds. The third kappa shape index (κ3) is 5.32. The number of carbonyl (C=O) groups is 1. The number of aromatic amines is 1. The number of aryl methyl sites for hydroxylation is 1. The summed E-state index contributed by atoms with van der Waals surface area (Å²) in [4.78, 5) is 12.1. The number of aliphatic hydroxyl groups excluding tert-OH is 1. The van der Waals surface area contributed by atoms with Gasteiger partial charge in [-0.3, -0.25) is 9.89 Å². The SMILES string of the molecule is Cc1cc(-c2cc(-c3cccc4c3ccn4CC(=O)NCCO)[nH]n2)ccc1O[C@@H](C)C(F)(F)F. The molecule has 0 spiro atoms. The standard InChI is InChI=1S/C25H25F3N4O3/c1-15-12-17(6-7-23(15)35-16(2)25(26,27)28)20-13-21(31-30-20)18-4-3-5-22-19(18)8-10-32(22)14-24(34)29-9-11-33/h3-8,10,12-13,16,33H,9,11,14H2,1-2H3,(H,29,34)(H,30,31)/t16-/m0/s1. The van der Waals surface area contributed by atoms with Crippen molar-refractivity contribution >= 4 is 16.8 Å². The van der Waals surface area contributed by atoms with E-state index in [0.717, 1.165) is 34.6 Å². The molecule has 0 aliphatic rings. The lowest BCUT2D eigenvalue weighted by Gasteiger charge is -2.19. The Labute approximate surface area is 199 Å². The van der Waals surface area contributed by atoms with Crippen LogP contribution < -0.4 is 10.1 Å². The molecule has 0 saturated carbocycles. The van der Waals surface area contributed by atoms with E-state index in [1.165, 1.54) is 6.07 Å². The minimum atomic E-state index is -4.44. The summed E-state index contributed by atoms with van der Waals surface area (Å²) >= 11 is 0. The molecule has 0 aliphatic carbocycles. The van der Waals surface area contributed by atoms with Crippen molar-refractivity contribution in [2.75, 3.05) is 13.2 Å². The minimum absolute atomic E-state index is 0.119. The first kappa shape index (κ1) is 24.3. The molecule has 4 aromatic rings. The second-order valence-corrected chi connectivity index (χ2v) is 8.20. The van der Waals surface area contributed by atoms with Crippen molar-refractivity contribution in [1.29, 1.82) is 0 Å². The predicted octanol–water partition coefficient (Wildman–Crippen LogP) is 4.44. The number of H-pyrrole nitrogens is 1. The lowest BCUT2D eigenvalue weighted by molar-refractivity contribution is -0.189. The topological polar surface area (TPSA) is 92.2 Å². The Morgan fingerprint density at radius 2 is 2.03 bits per heavy atom. The van der Waals surface area contributed by atoms with Gasteiger partial charge in [0.15, 0.2) is 6.10 Å². The first-order valence-electron chi connectivity index (χ1n) is 11.0. The van der Waals surface area contributed by atoms with Crippen LogP contribution in [0.5, 0.6) is 5.75 Å². The van der Waals surface area contributed by atoms with E-state index < -0.39 is 12.3 Å². The summed E-state index contributed by atoms with van der Waals surface area (Å²) < 4.78 is 45.4. The number of alkyl halides is 3. The number of aliphatic hydroxyl groups is 1. The van der Waals surface area contributed by atoms with Crippen molar-refractivity contribution in [1.82, 2.24) is 20.1 Å². The maximum Gasteiger partial charge on any atom is 0.425 e. The fraction of sp³-hybridized carbons (Fsp3) is 0.280. The smallest absolute Gasteiger partial charge is 0.425 e. The van der Waals surface area contributed by atoms with Gasteiger partial charge in [-0.05, 0) is 55.8 Å². The largest absolute Gasteiger partial charge is 0.481 e. The number of hydrogen-bond acceptors (Lipinski definition) is 4. The van der Waals surface area contributed by atoms with Crippen molar-refractivity contribution in [2.24, 2.45) is 0 Å². The molecule has 0 bridgehead atoms. The molecule has 0 fully saturated rings. The number of aromatic nitrogens is 3. The molecule has 0 unspecified atom stereocenters. The molecular formula is C25H25F3N4O3. The van der Waals surface area contributed by atoms with Crippen molar-refractivity contribution in [3.05, 3.63) is 60.3 Å². The van der Waals surface area contributed by atoms with Gasteiger partial charge in [0.1, 0.15) is 12.3 Å². The molecule has 35 heavy (non-hydrogen) atoms. The van der Waals surface area contributed by atoms with Gasteiger partial charge in [0.25, 0.3) is 0 Å². The summed E-state index contributed by atoms with van der Waals surface area (Å²) in [5, 5.41) is 19.9. The second kappa shape index (κ2) is 9.83. The van der Waals surface area contributed by atoms with Gasteiger partial charge in [-0.15, -0.1) is 0 Å². The van der Waals surface area contributed by atoms with E-state index in [-0.39, 0.29) is 31.4 Å². The highest BCUT2D eigenvalue weighted by Gasteiger charge is 2.38. The van der Waals surface area contributed by atoms with Crippen molar-refractivity contribution in [3.63, 3.8) is 0 Å². The number of amides is 1. The summed E-state index contributed by atoms with van der Waals surface area (Å²) in [5.41, 5.74) is 4.47. The van der Waals surface area contributed by atoms with E-state index >= 15 is 0 Å². The molecule has 10 heteroatoms. The average Bonchev–Trinajstić information content (AvgIpc) is 3.46. The number of halogens is 3. The van der Waals surface area contributed by atoms with E-state index in [1.54, 1.807) is 19.1 Å². The van der Waals surface area contributed by atoms with Crippen LogP contribution in [0.1, 0.15) is 12.5 Å². The molecule has 0 radical (unpaired) electrons. The summed E-state index contributed by atoms with van der Waals surface area (Å²) in [6.07, 6.45) is -4.52. The fourth-order valence-electron chi connectivity index (χ4n) is 3.81. The van der Waals surface area contributed by atoms with Gasteiger partial charge in [0, 0.05) is 34.8 Å². The van der Waals surface area contributed by atoms with Crippen LogP contribution in [-0.4, -0.2) is 51.2 Å². The van der Waals surface area contributed by atoms with Crippen LogP contribution in [0.25, 0.3) is 33.4 Å². The third-order valence-electron chi connectivity index (χ3n) is 5.67. The molecule has 2 heterocycles. The Balaban J connectivity index is 1.57. The monoisotopic (exact) mass is 486 g/mol. The van der Waals surface area contributed by atoms with E-state index in [4.69, 9.17) is 9.84 Å². The lowest BCUT2D eigenvalue weighted by Crippen LogP contribution is -2.31. The zero-order chi connectivity index (χ0) is 25.2. The van der Waals surface area contributed by atoms with Crippen LogP contribution in [0.4, 0.5) is 13.2 Å². The number of fused-ring (bicyclic) bond motifs is 1. The summed E-state index contributed by atoms with van der Waals surface area (Å²) in [6, 6.07) is 14.5. The predicted molar refractivity (Wildman–Crippen MR) is 126 cm³/mol. The molecule has 2 aromatic heterocycles. The molecular weight excluding hydrogens is 461 g/mol. The van der Waals surface area contributed by atoms with Gasteiger partial charge in [0.2, 0.25) is 5.91 Å². The third-order valence-corrected chi connectivity index (χ3v) is 5.67. The Morgan fingerprint density at radius 1 is 1.23 bits per heavy atom. The highest BCUT2D eigenvalue weighted by molar-refractivity contribution is 5.95. The number of rotatable bonds is 8. The number of hydrogen-bond donors (Lipinski definition) is 3. The highest BCUT2D eigenvalue weighted by Crippen LogP contribution is 2.33. The van der Waals surface area contributed by atoms with Gasteiger partial charge in [0.05, 0.1) is 18.0 Å². The Kier molecular flexibility index (Phi) is 6.83. The Bertz CT molecular complexity index is 1340. The molecule has 3 N–H and O–H groups in total. The van der Waals surface area contributed by atoms with E-state index in [9.17, 15) is 18.0 Å². The summed E-state index contributed by atoms with van der Waals surface area (Å²) in [6.45, 7) is 2.88. The van der Waals surface area contributed by atoms with Crippen LogP contribution in [-0.2, 0) is 11.3 Å². The maximum absolute atomic E-state index is 12.8. The van der Waals surface area contributed by atoms with Crippen LogP contribution in [0.15, 0.2) is 54.7 Å². The van der Waals surface area contributed by atoms with Crippen molar-refractivity contribution in [3.8, 4) is 28.3 Å². The lowest BCUT2D eigenvalue weighted by atomic mass is 10.0. The fourth-order valence-corrected chi connectivity index (χ4v) is 3.81. The first-order valence-corrected chi connectivity index (χ1v) is 11.0. The maximum atomic E-state index is 12.8. The molecule has 7 nitrogen and oxygen atoms in total. The highest BCUT2D eigenvalue weighted by atomic mass is 19.4. The average molecular weight is 486 g/mol. The molecule has 0 aliphatic heterocycles. The zero-order valence-corrected chi connectivity index (χ0v) is 19.2.